The Hall–Kier alpha value is -2.92. The van der Waals surface area contributed by atoms with Crippen LogP contribution in [0.1, 0.15) is 28.8 Å². The molecule has 4 rings (SSSR count). The fourth-order valence-corrected chi connectivity index (χ4v) is 3.89. The van der Waals surface area contributed by atoms with Gasteiger partial charge in [0.1, 0.15) is 5.75 Å². The lowest BCUT2D eigenvalue weighted by Gasteiger charge is -2.16. The van der Waals surface area contributed by atoms with E-state index in [0.717, 1.165) is 53.1 Å². The van der Waals surface area contributed by atoms with Crippen LogP contribution in [0.3, 0.4) is 0 Å². The van der Waals surface area contributed by atoms with Crippen LogP contribution in [0, 0.1) is 6.92 Å². The van der Waals surface area contributed by atoms with Gasteiger partial charge in [0.15, 0.2) is 0 Å². The van der Waals surface area contributed by atoms with Gasteiger partial charge in [-0.05, 0) is 63.2 Å². The van der Waals surface area contributed by atoms with Gasteiger partial charge >= 0.3 is 0 Å². The second-order valence-corrected chi connectivity index (χ2v) is 7.61. The van der Waals surface area contributed by atoms with Crippen LogP contribution in [0.25, 0.3) is 22.2 Å². The molecular formula is C24H27N3O2. The van der Waals surface area contributed by atoms with Gasteiger partial charge in [0.05, 0.1) is 23.9 Å². The van der Waals surface area contributed by atoms with Crippen molar-refractivity contribution < 1.29 is 9.53 Å². The van der Waals surface area contributed by atoms with Crippen LogP contribution in [0.15, 0.2) is 48.5 Å². The highest BCUT2D eigenvalue weighted by atomic mass is 16.5. The number of aryl methyl sites for hydroxylation is 1. The molecule has 0 unspecified atom stereocenters. The van der Waals surface area contributed by atoms with E-state index in [1.807, 2.05) is 55.5 Å². The van der Waals surface area contributed by atoms with Crippen LogP contribution >= 0.6 is 0 Å². The van der Waals surface area contributed by atoms with E-state index in [1.165, 1.54) is 12.8 Å². The fraction of sp³-hybridized carbons (Fsp3) is 0.333. The monoisotopic (exact) mass is 389 g/mol. The maximum atomic E-state index is 13.1. The van der Waals surface area contributed by atoms with E-state index in [0.29, 0.717) is 12.1 Å². The minimum Gasteiger partial charge on any atom is -0.497 e. The van der Waals surface area contributed by atoms with Gasteiger partial charge < -0.3 is 15.0 Å². The minimum atomic E-state index is -0.0497. The van der Waals surface area contributed by atoms with Crippen LogP contribution in [-0.2, 0) is 0 Å². The van der Waals surface area contributed by atoms with E-state index < -0.39 is 0 Å². The third-order valence-corrected chi connectivity index (χ3v) is 5.49. The quantitative estimate of drug-likeness (QED) is 0.691. The normalized spacial score (nSPS) is 14.3. The Kier molecular flexibility index (Phi) is 5.76. The number of ether oxygens (including phenoxy) is 1. The number of nitrogens with one attached hydrogen (secondary N) is 1. The first kappa shape index (κ1) is 19.4. The number of pyridine rings is 1. The van der Waals surface area contributed by atoms with Crippen LogP contribution in [0.5, 0.6) is 5.75 Å². The second kappa shape index (κ2) is 8.62. The first-order chi connectivity index (χ1) is 14.1. The van der Waals surface area contributed by atoms with Gasteiger partial charge in [0.2, 0.25) is 0 Å². The summed E-state index contributed by atoms with van der Waals surface area (Å²) in [5, 5.41) is 3.99. The van der Waals surface area contributed by atoms with Crippen molar-refractivity contribution in [3.63, 3.8) is 0 Å². The number of aromatic nitrogens is 1. The molecule has 0 bridgehead atoms. The van der Waals surface area contributed by atoms with Crippen molar-refractivity contribution in [2.24, 2.45) is 0 Å². The Labute approximate surface area is 171 Å². The molecule has 1 amide bonds. The van der Waals surface area contributed by atoms with Crippen molar-refractivity contribution in [1.29, 1.82) is 0 Å². The van der Waals surface area contributed by atoms with Crippen LogP contribution in [0.2, 0.25) is 0 Å². The molecule has 1 aromatic heterocycles. The first-order valence-corrected chi connectivity index (χ1v) is 10.2. The smallest absolute Gasteiger partial charge is 0.252 e. The molecule has 1 aliphatic heterocycles. The number of rotatable bonds is 6. The maximum absolute atomic E-state index is 13.1. The molecule has 1 fully saturated rings. The highest BCUT2D eigenvalue weighted by molar-refractivity contribution is 6.07. The molecule has 1 saturated heterocycles. The number of carbonyl (C=O) groups excluding carboxylic acids is 1. The average molecular weight is 389 g/mol. The zero-order valence-electron chi connectivity index (χ0n) is 17.1. The first-order valence-electron chi connectivity index (χ1n) is 10.2. The van der Waals surface area contributed by atoms with E-state index in [2.05, 4.69) is 10.2 Å². The number of nitrogens with zero attached hydrogens (tertiary/aromatic N) is 2. The number of carbonyl (C=O) groups is 1. The number of amides is 1. The predicted octanol–water partition coefficient (Wildman–Crippen LogP) is 4.04. The number of fused-ring (bicyclic) bond motifs is 1. The summed E-state index contributed by atoms with van der Waals surface area (Å²) >= 11 is 0. The van der Waals surface area contributed by atoms with Crippen LogP contribution < -0.4 is 10.1 Å². The standard InChI is InChI=1S/C24H27N3O2/c1-17-8-9-22-20(14-17)21(24(28)25-10-13-27-11-3-4-12-27)16-23(26-22)18-6-5-7-19(15-18)29-2/h5-9,14-16H,3-4,10-13H2,1-2H3,(H,25,28). The van der Waals surface area contributed by atoms with Crippen LogP contribution in [0.4, 0.5) is 0 Å². The van der Waals surface area contributed by atoms with Gasteiger partial charge in [-0.15, -0.1) is 0 Å². The van der Waals surface area contributed by atoms with Crippen LogP contribution in [-0.4, -0.2) is 49.1 Å². The summed E-state index contributed by atoms with van der Waals surface area (Å²) in [5.41, 5.74) is 4.29. The molecule has 3 aromatic rings. The third kappa shape index (κ3) is 4.40. The van der Waals surface area contributed by atoms with Crippen molar-refractivity contribution in [3.05, 3.63) is 59.7 Å². The molecule has 0 aliphatic carbocycles. The number of methoxy groups -OCH3 is 1. The maximum Gasteiger partial charge on any atom is 0.252 e. The molecule has 1 N–H and O–H groups in total. The molecule has 150 valence electrons. The molecule has 0 radical (unpaired) electrons. The summed E-state index contributed by atoms with van der Waals surface area (Å²) in [4.78, 5) is 20.3. The van der Waals surface area contributed by atoms with Gasteiger partial charge in [-0.1, -0.05) is 23.8 Å². The van der Waals surface area contributed by atoms with E-state index in [4.69, 9.17) is 9.72 Å². The lowest BCUT2D eigenvalue weighted by atomic mass is 10.0. The molecule has 0 spiro atoms. The fourth-order valence-electron chi connectivity index (χ4n) is 3.89. The Morgan fingerprint density at radius 2 is 1.97 bits per heavy atom. The summed E-state index contributed by atoms with van der Waals surface area (Å²) in [5.74, 6) is 0.719. The molecular weight excluding hydrogens is 362 g/mol. The Morgan fingerprint density at radius 3 is 2.76 bits per heavy atom. The minimum absolute atomic E-state index is 0.0497. The van der Waals surface area contributed by atoms with E-state index in [9.17, 15) is 4.79 Å². The molecule has 5 heteroatoms. The van der Waals surface area contributed by atoms with Gasteiger partial charge in [0, 0.05) is 24.0 Å². The van der Waals surface area contributed by atoms with Gasteiger partial charge in [0.25, 0.3) is 5.91 Å². The summed E-state index contributed by atoms with van der Waals surface area (Å²) in [6, 6.07) is 15.7. The lowest BCUT2D eigenvalue weighted by molar-refractivity contribution is 0.0951. The van der Waals surface area contributed by atoms with E-state index in [-0.39, 0.29) is 5.91 Å². The average Bonchev–Trinajstić information content (AvgIpc) is 3.26. The predicted molar refractivity (Wildman–Crippen MR) is 116 cm³/mol. The third-order valence-electron chi connectivity index (χ3n) is 5.49. The molecule has 0 atom stereocenters. The molecule has 2 aromatic carbocycles. The zero-order valence-corrected chi connectivity index (χ0v) is 17.1. The molecule has 2 heterocycles. The van der Waals surface area contributed by atoms with E-state index in [1.54, 1.807) is 7.11 Å². The van der Waals surface area contributed by atoms with Gasteiger partial charge in [-0.3, -0.25) is 4.79 Å². The van der Waals surface area contributed by atoms with Crippen molar-refractivity contribution in [2.45, 2.75) is 19.8 Å². The van der Waals surface area contributed by atoms with Gasteiger partial charge in [-0.2, -0.15) is 0 Å². The zero-order chi connectivity index (χ0) is 20.2. The summed E-state index contributed by atoms with van der Waals surface area (Å²) in [6.07, 6.45) is 2.51. The Bertz CT molecular complexity index is 1030. The summed E-state index contributed by atoms with van der Waals surface area (Å²) < 4.78 is 5.35. The summed E-state index contributed by atoms with van der Waals surface area (Å²) in [6.45, 7) is 5.85. The van der Waals surface area contributed by atoms with Crippen molar-refractivity contribution >= 4 is 16.8 Å². The number of benzene rings is 2. The van der Waals surface area contributed by atoms with Crippen molar-refractivity contribution in [1.82, 2.24) is 15.2 Å². The van der Waals surface area contributed by atoms with Crippen molar-refractivity contribution in [3.8, 4) is 17.0 Å². The number of hydrogen-bond acceptors (Lipinski definition) is 4. The topological polar surface area (TPSA) is 54.5 Å². The molecule has 5 nitrogen and oxygen atoms in total. The highest BCUT2D eigenvalue weighted by Crippen LogP contribution is 2.27. The van der Waals surface area contributed by atoms with Crippen molar-refractivity contribution in [2.75, 3.05) is 33.3 Å². The van der Waals surface area contributed by atoms with Gasteiger partial charge in [-0.25, -0.2) is 4.98 Å². The number of likely N-dealkylation sites (tertiary alicyclic amines) is 1. The Morgan fingerprint density at radius 1 is 1.14 bits per heavy atom. The summed E-state index contributed by atoms with van der Waals surface area (Å²) in [7, 11) is 1.65. The molecule has 1 aliphatic rings. The lowest BCUT2D eigenvalue weighted by Crippen LogP contribution is -2.33. The number of hydrogen-bond donors (Lipinski definition) is 1. The highest BCUT2D eigenvalue weighted by Gasteiger charge is 2.16. The second-order valence-electron chi connectivity index (χ2n) is 7.61. The largest absolute Gasteiger partial charge is 0.497 e. The molecule has 29 heavy (non-hydrogen) atoms. The van der Waals surface area contributed by atoms with E-state index >= 15 is 0 Å². The molecule has 0 saturated carbocycles. The SMILES string of the molecule is COc1cccc(-c2cc(C(=O)NCCN3CCCC3)c3cc(C)ccc3n2)c1. The Balaban J connectivity index is 1.66.